The number of benzene rings is 2. The highest BCUT2D eigenvalue weighted by Crippen LogP contribution is 2.55. The van der Waals surface area contributed by atoms with Crippen LogP contribution in [0, 0.1) is 17.8 Å². The zero-order valence-corrected chi connectivity index (χ0v) is 15.6. The van der Waals surface area contributed by atoms with Crippen LogP contribution in [0.5, 0.6) is 0 Å². The molecule has 3 aliphatic rings. The standard InChI is InChI=1S/C24H21Br/c25-19-8-5-7-17(14-19)23-15-18-13-12-16-6-1-2-9-20(16)24(18)22-11-4-3-10-21(22)23/h1-14,18,21-24H,15H2. The van der Waals surface area contributed by atoms with E-state index in [4.69, 9.17) is 0 Å². The first-order chi connectivity index (χ1) is 12.3. The summed E-state index contributed by atoms with van der Waals surface area (Å²) in [6, 6.07) is 17.9. The van der Waals surface area contributed by atoms with Gasteiger partial charge in [0.25, 0.3) is 0 Å². The molecule has 5 unspecified atom stereocenters. The topological polar surface area (TPSA) is 0 Å². The van der Waals surface area contributed by atoms with Gasteiger partial charge in [-0.05, 0) is 64.8 Å². The Kier molecular flexibility index (Phi) is 3.78. The Morgan fingerprint density at radius 1 is 0.840 bits per heavy atom. The van der Waals surface area contributed by atoms with Gasteiger partial charge in [-0.1, -0.05) is 88.8 Å². The number of halogens is 1. The highest BCUT2D eigenvalue weighted by atomic mass is 79.9. The number of hydrogen-bond acceptors (Lipinski definition) is 0. The van der Waals surface area contributed by atoms with Crippen LogP contribution >= 0.6 is 15.9 Å². The lowest BCUT2D eigenvalue weighted by molar-refractivity contribution is 0.205. The van der Waals surface area contributed by atoms with Crippen molar-refractivity contribution in [2.24, 2.45) is 17.8 Å². The molecule has 5 atom stereocenters. The second-order valence-electron chi connectivity index (χ2n) is 7.50. The molecule has 1 heteroatoms. The van der Waals surface area contributed by atoms with E-state index in [9.17, 15) is 0 Å². The fraction of sp³-hybridized carbons (Fsp3) is 0.250. The molecule has 3 aliphatic carbocycles. The van der Waals surface area contributed by atoms with E-state index < -0.39 is 0 Å². The lowest BCUT2D eigenvalue weighted by Gasteiger charge is -2.48. The first kappa shape index (κ1) is 15.4. The maximum atomic E-state index is 3.66. The van der Waals surface area contributed by atoms with Gasteiger partial charge in [-0.15, -0.1) is 0 Å². The van der Waals surface area contributed by atoms with E-state index >= 15 is 0 Å². The van der Waals surface area contributed by atoms with Crippen molar-refractivity contribution in [2.75, 3.05) is 0 Å². The smallest absolute Gasteiger partial charge is 0.0178 e. The van der Waals surface area contributed by atoms with Gasteiger partial charge in [0.05, 0.1) is 0 Å². The van der Waals surface area contributed by atoms with Gasteiger partial charge in [0.1, 0.15) is 0 Å². The van der Waals surface area contributed by atoms with Crippen molar-refractivity contribution < 1.29 is 0 Å². The normalized spacial score (nSPS) is 32.0. The van der Waals surface area contributed by atoms with Crippen molar-refractivity contribution in [3.05, 3.63) is 100 Å². The molecule has 0 saturated heterocycles. The Morgan fingerprint density at radius 2 is 1.68 bits per heavy atom. The van der Waals surface area contributed by atoms with Gasteiger partial charge in [-0.3, -0.25) is 0 Å². The first-order valence-corrected chi connectivity index (χ1v) is 9.98. The first-order valence-electron chi connectivity index (χ1n) is 9.19. The van der Waals surface area contributed by atoms with Gasteiger partial charge >= 0.3 is 0 Å². The van der Waals surface area contributed by atoms with Gasteiger partial charge in [-0.25, -0.2) is 0 Å². The van der Waals surface area contributed by atoms with E-state index in [0.717, 1.165) is 0 Å². The van der Waals surface area contributed by atoms with E-state index in [1.54, 1.807) is 0 Å². The average Bonchev–Trinajstić information content (AvgIpc) is 2.67. The minimum Gasteiger partial charge on any atom is -0.0802 e. The van der Waals surface area contributed by atoms with Crippen molar-refractivity contribution in [3.8, 4) is 0 Å². The summed E-state index contributed by atoms with van der Waals surface area (Å²) in [6.45, 7) is 0. The van der Waals surface area contributed by atoms with Gasteiger partial charge in [0, 0.05) is 4.47 Å². The van der Waals surface area contributed by atoms with Crippen LogP contribution in [0.4, 0.5) is 0 Å². The van der Waals surface area contributed by atoms with Crippen LogP contribution in [0.2, 0.25) is 0 Å². The maximum Gasteiger partial charge on any atom is 0.0178 e. The molecular weight excluding hydrogens is 368 g/mol. The largest absolute Gasteiger partial charge is 0.0802 e. The summed E-state index contributed by atoms with van der Waals surface area (Å²) in [5, 5.41) is 0. The Labute approximate surface area is 158 Å². The summed E-state index contributed by atoms with van der Waals surface area (Å²) in [5.41, 5.74) is 4.42. The van der Waals surface area contributed by atoms with Crippen molar-refractivity contribution in [1.29, 1.82) is 0 Å². The van der Waals surface area contributed by atoms with Crippen molar-refractivity contribution in [3.63, 3.8) is 0 Å². The third-order valence-electron chi connectivity index (χ3n) is 6.24. The molecule has 5 rings (SSSR count). The summed E-state index contributed by atoms with van der Waals surface area (Å²) in [6.07, 6.45) is 15.5. The Bertz CT molecular complexity index is 888. The molecule has 1 saturated carbocycles. The van der Waals surface area contributed by atoms with Gasteiger partial charge in [0.15, 0.2) is 0 Å². The highest BCUT2D eigenvalue weighted by Gasteiger charge is 2.44. The molecule has 0 aromatic heterocycles. The second kappa shape index (κ2) is 6.14. The van der Waals surface area contributed by atoms with Gasteiger partial charge in [-0.2, -0.15) is 0 Å². The van der Waals surface area contributed by atoms with Crippen LogP contribution in [0.15, 0.2) is 83.4 Å². The fourth-order valence-electron chi connectivity index (χ4n) is 5.21. The van der Waals surface area contributed by atoms with E-state index in [1.807, 2.05) is 0 Å². The zero-order valence-electron chi connectivity index (χ0n) is 14.1. The molecule has 0 spiro atoms. The van der Waals surface area contributed by atoms with Crippen LogP contribution in [0.1, 0.15) is 34.9 Å². The number of allylic oxidation sites excluding steroid dienone is 5. The Morgan fingerprint density at radius 3 is 2.56 bits per heavy atom. The van der Waals surface area contributed by atoms with Crippen LogP contribution < -0.4 is 0 Å². The minimum atomic E-state index is 0.582. The van der Waals surface area contributed by atoms with E-state index in [0.29, 0.717) is 29.6 Å². The molecule has 0 aliphatic heterocycles. The molecule has 0 nitrogen and oxygen atoms in total. The Balaban J connectivity index is 1.60. The molecule has 2 aromatic rings. The summed E-state index contributed by atoms with van der Waals surface area (Å²) in [5.74, 6) is 2.98. The summed E-state index contributed by atoms with van der Waals surface area (Å²) in [7, 11) is 0. The van der Waals surface area contributed by atoms with E-state index in [-0.39, 0.29) is 0 Å². The van der Waals surface area contributed by atoms with E-state index in [2.05, 4.69) is 101 Å². The van der Waals surface area contributed by atoms with Gasteiger partial charge in [0.2, 0.25) is 0 Å². The predicted octanol–water partition coefficient (Wildman–Crippen LogP) is 6.72. The monoisotopic (exact) mass is 388 g/mol. The van der Waals surface area contributed by atoms with Crippen LogP contribution in [0.25, 0.3) is 6.08 Å². The lowest BCUT2D eigenvalue weighted by Crippen LogP contribution is -2.37. The van der Waals surface area contributed by atoms with Crippen LogP contribution in [0.3, 0.4) is 0 Å². The SMILES string of the molecule is Brc1cccc(C2CC3C=Cc4ccccc4C3C3C=CC=CC23)c1. The molecule has 0 bridgehead atoms. The molecule has 2 aromatic carbocycles. The predicted molar refractivity (Wildman–Crippen MR) is 108 cm³/mol. The van der Waals surface area contributed by atoms with Gasteiger partial charge < -0.3 is 0 Å². The second-order valence-corrected chi connectivity index (χ2v) is 8.42. The summed E-state index contributed by atoms with van der Waals surface area (Å²) < 4.78 is 1.18. The number of fused-ring (bicyclic) bond motifs is 5. The highest BCUT2D eigenvalue weighted by molar-refractivity contribution is 9.10. The minimum absolute atomic E-state index is 0.582. The quantitative estimate of drug-likeness (QED) is 0.508. The molecule has 0 radical (unpaired) electrons. The van der Waals surface area contributed by atoms with Crippen molar-refractivity contribution >= 4 is 22.0 Å². The number of rotatable bonds is 1. The maximum absolute atomic E-state index is 3.66. The van der Waals surface area contributed by atoms with Crippen LogP contribution in [-0.4, -0.2) is 0 Å². The van der Waals surface area contributed by atoms with Crippen molar-refractivity contribution in [2.45, 2.75) is 18.3 Å². The summed E-state index contributed by atoms with van der Waals surface area (Å²) in [4.78, 5) is 0. The van der Waals surface area contributed by atoms with E-state index in [1.165, 1.54) is 27.6 Å². The van der Waals surface area contributed by atoms with Crippen molar-refractivity contribution in [1.82, 2.24) is 0 Å². The molecule has 0 N–H and O–H groups in total. The fourth-order valence-corrected chi connectivity index (χ4v) is 5.63. The number of hydrogen-bond donors (Lipinski definition) is 0. The lowest BCUT2D eigenvalue weighted by atomic mass is 9.56. The molecule has 0 amide bonds. The Hall–Kier alpha value is -1.86. The molecule has 1 fully saturated rings. The molecular formula is C24H21Br. The molecule has 0 heterocycles. The average molecular weight is 389 g/mol. The zero-order chi connectivity index (χ0) is 16.8. The summed E-state index contributed by atoms with van der Waals surface area (Å²) >= 11 is 3.66. The molecule has 25 heavy (non-hydrogen) atoms. The third kappa shape index (κ3) is 2.57. The third-order valence-corrected chi connectivity index (χ3v) is 6.74. The van der Waals surface area contributed by atoms with Crippen LogP contribution in [-0.2, 0) is 0 Å². The molecule has 124 valence electrons.